The molecule has 3 heterocycles. The van der Waals surface area contributed by atoms with Crippen LogP contribution in [0.25, 0.3) is 0 Å². The number of hydrogen-bond donors (Lipinski definition) is 0. The number of carbonyl (C=O) groups excluding carboxylic acids is 2. The van der Waals surface area contributed by atoms with Crippen molar-refractivity contribution in [3.63, 3.8) is 0 Å². The molecule has 3 aromatic rings. The van der Waals surface area contributed by atoms with Gasteiger partial charge in [0, 0.05) is 55.4 Å². The predicted molar refractivity (Wildman–Crippen MR) is 196 cm³/mol. The van der Waals surface area contributed by atoms with Crippen molar-refractivity contribution in [2.75, 3.05) is 66.1 Å². The maximum absolute atomic E-state index is 15.2. The molecule has 3 aromatic carbocycles. The number of morpholine rings is 1. The zero-order valence-corrected chi connectivity index (χ0v) is 30.8. The number of urea groups is 1. The van der Waals surface area contributed by atoms with E-state index in [-0.39, 0.29) is 18.0 Å². The molecule has 2 atom stereocenters. The van der Waals surface area contributed by atoms with Crippen molar-refractivity contribution in [1.29, 1.82) is 0 Å². The first-order valence-corrected chi connectivity index (χ1v) is 17.8. The summed E-state index contributed by atoms with van der Waals surface area (Å²) < 4.78 is 17.3. The minimum Gasteiger partial charge on any atom is -0.497 e. The monoisotopic (exact) mass is 721 g/mol. The predicted octanol–water partition coefficient (Wildman–Crippen LogP) is 6.28. The molecule has 3 aliphatic rings. The Morgan fingerprint density at radius 2 is 1.44 bits per heavy atom. The molecule has 2 saturated heterocycles. The Labute approximate surface area is 304 Å². The van der Waals surface area contributed by atoms with E-state index in [9.17, 15) is 4.79 Å². The molecule has 6 rings (SSSR count). The molecule has 3 amide bonds. The Balaban J connectivity index is 1.43. The maximum Gasteiger partial charge on any atom is 0.326 e. The van der Waals surface area contributed by atoms with Crippen LogP contribution >= 0.6 is 23.2 Å². The van der Waals surface area contributed by atoms with Gasteiger partial charge in [-0.2, -0.15) is 0 Å². The van der Waals surface area contributed by atoms with Crippen LogP contribution in [-0.4, -0.2) is 110 Å². The van der Waals surface area contributed by atoms with Crippen molar-refractivity contribution >= 4 is 41.0 Å². The third kappa shape index (κ3) is 6.91. The molecule has 0 aliphatic carbocycles. The van der Waals surface area contributed by atoms with Crippen molar-refractivity contribution in [3.8, 4) is 11.5 Å². The quantitative estimate of drug-likeness (QED) is 0.272. The van der Waals surface area contributed by atoms with Crippen molar-refractivity contribution in [3.05, 3.63) is 93.5 Å². The zero-order valence-electron chi connectivity index (χ0n) is 29.3. The van der Waals surface area contributed by atoms with Gasteiger partial charge in [0.2, 0.25) is 5.91 Å². The first kappa shape index (κ1) is 36.0. The highest BCUT2D eigenvalue weighted by Crippen LogP contribution is 2.54. The summed E-state index contributed by atoms with van der Waals surface area (Å²) in [6.07, 6.45) is -0.148. The largest absolute Gasteiger partial charge is 0.497 e. The Morgan fingerprint density at radius 1 is 0.840 bits per heavy atom. The second-order valence-electron chi connectivity index (χ2n) is 13.5. The molecule has 0 spiro atoms. The highest BCUT2D eigenvalue weighted by atomic mass is 35.5. The van der Waals surface area contributed by atoms with Gasteiger partial charge < -0.3 is 24.0 Å². The normalized spacial score (nSPS) is 22.9. The van der Waals surface area contributed by atoms with Gasteiger partial charge in [-0.1, -0.05) is 47.5 Å². The van der Waals surface area contributed by atoms with E-state index in [2.05, 4.69) is 18.7 Å². The van der Waals surface area contributed by atoms with Gasteiger partial charge in [-0.3, -0.25) is 19.6 Å². The lowest BCUT2D eigenvalue weighted by atomic mass is 9.71. The van der Waals surface area contributed by atoms with Gasteiger partial charge >= 0.3 is 6.03 Å². The number of piperazine rings is 1. The number of ether oxygens (including phenoxy) is 3. The zero-order chi connectivity index (χ0) is 35.6. The number of benzene rings is 3. The average Bonchev–Trinajstić information content (AvgIpc) is 3.36. The minimum absolute atomic E-state index is 0.0910. The van der Waals surface area contributed by atoms with Crippen molar-refractivity contribution in [2.45, 2.75) is 44.9 Å². The van der Waals surface area contributed by atoms with Gasteiger partial charge in [-0.05, 0) is 75.2 Å². The number of rotatable bonds is 8. The molecular formula is C38H45Cl2N5O5. The number of methoxy groups -OCH3 is 1. The second kappa shape index (κ2) is 14.8. The summed E-state index contributed by atoms with van der Waals surface area (Å²) in [6, 6.07) is 20.7. The lowest BCUT2D eigenvalue weighted by Crippen LogP contribution is -2.61. The molecule has 0 bridgehead atoms. The number of aliphatic imine (C=N–C) groups is 1. The summed E-state index contributed by atoms with van der Waals surface area (Å²) in [5.74, 6) is 1.76. The first-order chi connectivity index (χ1) is 23.9. The summed E-state index contributed by atoms with van der Waals surface area (Å²) in [6.45, 7) is 12.7. The van der Waals surface area contributed by atoms with E-state index >= 15 is 4.79 Å². The number of nitrogens with zero attached hydrogens (tertiary/aromatic N) is 5. The van der Waals surface area contributed by atoms with Gasteiger partial charge in [0.05, 0.1) is 38.5 Å². The van der Waals surface area contributed by atoms with Gasteiger partial charge in [-0.15, -0.1) is 0 Å². The second-order valence-corrected chi connectivity index (χ2v) is 14.4. The lowest BCUT2D eigenvalue weighted by molar-refractivity contribution is -0.136. The van der Waals surface area contributed by atoms with E-state index in [4.69, 9.17) is 42.4 Å². The summed E-state index contributed by atoms with van der Waals surface area (Å²) in [4.78, 5) is 41.4. The molecule has 0 unspecified atom stereocenters. The van der Waals surface area contributed by atoms with Crippen LogP contribution in [0.3, 0.4) is 0 Å². The molecule has 0 N–H and O–H groups in total. The van der Waals surface area contributed by atoms with Crippen molar-refractivity contribution in [2.24, 2.45) is 4.99 Å². The van der Waals surface area contributed by atoms with Crippen molar-refractivity contribution in [1.82, 2.24) is 19.6 Å². The molecule has 12 heteroatoms. The maximum atomic E-state index is 15.2. The van der Waals surface area contributed by atoms with E-state index in [1.807, 2.05) is 95.3 Å². The first-order valence-electron chi connectivity index (χ1n) is 17.1. The summed E-state index contributed by atoms with van der Waals surface area (Å²) in [5.41, 5.74) is 0.411. The van der Waals surface area contributed by atoms with Crippen LogP contribution < -0.4 is 9.47 Å². The minimum atomic E-state index is -1.03. The highest BCUT2D eigenvalue weighted by molar-refractivity contribution is 6.30. The smallest absolute Gasteiger partial charge is 0.326 e. The summed E-state index contributed by atoms with van der Waals surface area (Å²) in [7, 11) is 1.61. The summed E-state index contributed by atoms with van der Waals surface area (Å²) in [5, 5.41) is 1.20. The molecule has 2 fully saturated rings. The number of halogens is 2. The molecule has 3 aliphatic heterocycles. The van der Waals surface area contributed by atoms with Crippen LogP contribution in [0.1, 0.15) is 44.4 Å². The van der Waals surface area contributed by atoms with Crippen LogP contribution in [0.15, 0.2) is 71.7 Å². The fraction of sp³-hybridized carbons (Fsp3) is 0.447. The lowest BCUT2D eigenvalue weighted by Gasteiger charge is -2.47. The Morgan fingerprint density at radius 3 is 2.02 bits per heavy atom. The van der Waals surface area contributed by atoms with Crippen LogP contribution in [0.4, 0.5) is 4.79 Å². The Kier molecular flexibility index (Phi) is 10.6. The number of hydrogen-bond acceptors (Lipinski definition) is 7. The van der Waals surface area contributed by atoms with E-state index in [1.165, 1.54) is 0 Å². The molecular weight excluding hydrogens is 677 g/mol. The molecule has 10 nitrogen and oxygen atoms in total. The topological polar surface area (TPSA) is 87.2 Å². The molecule has 0 radical (unpaired) electrons. The third-order valence-electron chi connectivity index (χ3n) is 10.1. The molecule has 50 heavy (non-hydrogen) atoms. The van der Waals surface area contributed by atoms with Gasteiger partial charge in [0.15, 0.2) is 0 Å². The Hall–Kier alpha value is -3.83. The molecule has 0 aromatic heterocycles. The van der Waals surface area contributed by atoms with E-state index in [1.54, 1.807) is 7.11 Å². The Bertz CT molecular complexity index is 1720. The number of amidine groups is 1. The standard InChI is InChI=1S/C38H45Cl2N5O5/c1-26(2)50-33-24-31(48-5)14-15-32(33)35-41-37(3,27-6-10-29(39)11-7-27)38(4,28-8-12-30(40)13-9-28)45(35)36(47)44-18-16-42(17-19-44)25-34(46)43-20-22-49-23-21-43/h6-15,24,26H,16-23,25H2,1-5H3/t37-,38-/m0/s1. The van der Waals surface area contributed by atoms with Crippen LogP contribution in [0.2, 0.25) is 10.0 Å². The fourth-order valence-electron chi connectivity index (χ4n) is 7.08. The van der Waals surface area contributed by atoms with Gasteiger partial charge in [0.25, 0.3) is 0 Å². The van der Waals surface area contributed by atoms with Crippen LogP contribution in [-0.2, 0) is 20.6 Å². The van der Waals surface area contributed by atoms with Gasteiger partial charge in [0.1, 0.15) is 28.4 Å². The number of carbonyl (C=O) groups is 2. The van der Waals surface area contributed by atoms with E-state index in [0.29, 0.717) is 92.0 Å². The van der Waals surface area contributed by atoms with Crippen molar-refractivity contribution < 1.29 is 23.8 Å². The van der Waals surface area contributed by atoms with E-state index in [0.717, 1.165) is 11.1 Å². The van der Waals surface area contributed by atoms with Crippen LogP contribution in [0.5, 0.6) is 11.5 Å². The summed E-state index contributed by atoms with van der Waals surface area (Å²) >= 11 is 12.8. The molecule has 266 valence electrons. The fourth-order valence-corrected chi connectivity index (χ4v) is 7.33. The molecule has 0 saturated carbocycles. The SMILES string of the molecule is COc1ccc(C2=N[C@@](C)(c3ccc(Cl)cc3)[C@](C)(c3ccc(Cl)cc3)N2C(=O)N2CCN(CC(=O)N3CCOCC3)CC2)c(OC(C)C)c1. The third-order valence-corrected chi connectivity index (χ3v) is 10.6. The van der Waals surface area contributed by atoms with E-state index < -0.39 is 11.1 Å². The average molecular weight is 723 g/mol. The van der Waals surface area contributed by atoms with Gasteiger partial charge in [-0.25, -0.2) is 4.79 Å². The van der Waals surface area contributed by atoms with Crippen LogP contribution in [0, 0.1) is 0 Å². The highest BCUT2D eigenvalue weighted by Gasteiger charge is 2.60. The number of amides is 3.